The van der Waals surface area contributed by atoms with Gasteiger partial charge in [0.25, 0.3) is 5.56 Å². The van der Waals surface area contributed by atoms with Gasteiger partial charge in [-0.3, -0.25) is 14.2 Å². The Morgan fingerprint density at radius 3 is 2.85 bits per heavy atom. The summed E-state index contributed by atoms with van der Waals surface area (Å²) in [4.78, 5) is 30.6. The van der Waals surface area contributed by atoms with Crippen LogP contribution < -0.4 is 20.3 Å². The van der Waals surface area contributed by atoms with Crippen LogP contribution in [0.2, 0.25) is 5.02 Å². The lowest BCUT2D eigenvalue weighted by atomic mass is 10.2. The van der Waals surface area contributed by atoms with Gasteiger partial charge in [-0.2, -0.15) is 0 Å². The van der Waals surface area contributed by atoms with E-state index in [1.54, 1.807) is 48.1 Å². The number of aromatic nitrogens is 2. The lowest BCUT2D eigenvalue weighted by Gasteiger charge is -2.17. The molecule has 1 aliphatic heterocycles. The molecule has 8 nitrogen and oxygen atoms in total. The van der Waals surface area contributed by atoms with Gasteiger partial charge in [-0.05, 0) is 43.2 Å². The Balaban J connectivity index is 1.58. The van der Waals surface area contributed by atoms with Crippen molar-refractivity contribution in [3.05, 3.63) is 51.8 Å². The molecule has 1 saturated heterocycles. The maximum Gasteiger partial charge on any atom is 0.262 e. The number of ether oxygens (including phenoxy) is 3. The summed E-state index contributed by atoms with van der Waals surface area (Å²) < 4.78 is 17.9. The number of amides is 1. The van der Waals surface area contributed by atoms with Gasteiger partial charge in [-0.25, -0.2) is 4.98 Å². The molecular formula is C23H24ClN3O5S. The fourth-order valence-corrected chi connectivity index (χ4v) is 4.64. The number of carbonyl (C=O) groups excluding carboxylic acids is 1. The topological polar surface area (TPSA) is 91.7 Å². The fraction of sp³-hybridized carbons (Fsp3) is 0.348. The van der Waals surface area contributed by atoms with Crippen LogP contribution in [0.4, 0.5) is 5.69 Å². The molecule has 4 rings (SSSR count). The molecule has 33 heavy (non-hydrogen) atoms. The van der Waals surface area contributed by atoms with Gasteiger partial charge in [0.2, 0.25) is 5.91 Å². The highest BCUT2D eigenvalue weighted by molar-refractivity contribution is 7.99. The summed E-state index contributed by atoms with van der Waals surface area (Å²) in [7, 11) is 3.08. The zero-order valence-corrected chi connectivity index (χ0v) is 19.9. The second-order valence-electron chi connectivity index (χ2n) is 7.51. The average Bonchev–Trinajstić information content (AvgIpc) is 3.33. The van der Waals surface area contributed by atoms with Gasteiger partial charge >= 0.3 is 0 Å². The van der Waals surface area contributed by atoms with Crippen LogP contribution in [0.15, 0.2) is 46.3 Å². The summed E-state index contributed by atoms with van der Waals surface area (Å²) in [5.41, 5.74) is 0.815. The van der Waals surface area contributed by atoms with E-state index in [1.165, 1.54) is 18.9 Å². The molecule has 174 valence electrons. The normalized spacial score (nSPS) is 15.5. The Morgan fingerprint density at radius 1 is 1.27 bits per heavy atom. The molecule has 1 fully saturated rings. The number of hydrogen-bond donors (Lipinski definition) is 1. The van der Waals surface area contributed by atoms with Crippen LogP contribution >= 0.6 is 23.4 Å². The standard InChI is InChI=1S/C23H24ClN3O5S/c1-30-15-6-8-20(31-2)19(11-15)25-21(28)13-33-23-26-18-10-14(24)5-7-17(18)22(29)27(23)12-16-4-3-9-32-16/h5-8,10-11,16H,3-4,9,12-13H2,1-2H3,(H,25,28). The first kappa shape index (κ1) is 23.4. The van der Waals surface area contributed by atoms with Gasteiger partial charge < -0.3 is 19.5 Å². The van der Waals surface area contributed by atoms with Crippen LogP contribution in [0.1, 0.15) is 12.8 Å². The summed E-state index contributed by atoms with van der Waals surface area (Å²) in [5.74, 6) is 0.889. The van der Waals surface area contributed by atoms with Crippen LogP contribution in [0.5, 0.6) is 11.5 Å². The number of fused-ring (bicyclic) bond motifs is 1. The predicted octanol–water partition coefficient (Wildman–Crippen LogP) is 3.98. The zero-order chi connectivity index (χ0) is 23.4. The summed E-state index contributed by atoms with van der Waals surface area (Å²) in [6, 6.07) is 10.2. The molecule has 10 heteroatoms. The number of nitrogens with zero attached hydrogens (tertiary/aromatic N) is 2. The molecule has 0 saturated carbocycles. The van der Waals surface area contributed by atoms with E-state index in [0.717, 1.165) is 12.8 Å². The van der Waals surface area contributed by atoms with Crippen LogP contribution in [0.3, 0.4) is 0 Å². The summed E-state index contributed by atoms with van der Waals surface area (Å²) >= 11 is 7.29. The zero-order valence-electron chi connectivity index (χ0n) is 18.3. The van der Waals surface area contributed by atoms with E-state index >= 15 is 0 Å². The Hall–Kier alpha value is -2.75. The Kier molecular flexibility index (Phi) is 7.42. The van der Waals surface area contributed by atoms with E-state index in [4.69, 9.17) is 25.8 Å². The maximum atomic E-state index is 13.2. The van der Waals surface area contributed by atoms with Crippen molar-refractivity contribution in [2.24, 2.45) is 0 Å². The highest BCUT2D eigenvalue weighted by atomic mass is 35.5. The molecule has 1 atom stereocenters. The number of nitrogens with one attached hydrogen (secondary N) is 1. The Bertz CT molecular complexity index is 1230. The maximum absolute atomic E-state index is 13.2. The van der Waals surface area contributed by atoms with Crippen molar-refractivity contribution in [2.75, 3.05) is 31.9 Å². The van der Waals surface area contributed by atoms with Gasteiger partial charge in [0.05, 0.1) is 49.2 Å². The first-order chi connectivity index (χ1) is 16.0. The summed E-state index contributed by atoms with van der Waals surface area (Å²) in [6.07, 6.45) is 1.79. The highest BCUT2D eigenvalue weighted by Gasteiger charge is 2.21. The number of anilines is 1. The van der Waals surface area contributed by atoms with Crippen LogP contribution in [-0.4, -0.2) is 48.1 Å². The second-order valence-corrected chi connectivity index (χ2v) is 8.89. The Morgan fingerprint density at radius 2 is 2.12 bits per heavy atom. The number of methoxy groups -OCH3 is 2. The molecule has 1 amide bonds. The monoisotopic (exact) mass is 489 g/mol. The minimum atomic E-state index is -0.268. The van der Waals surface area contributed by atoms with Crippen LogP contribution in [0.25, 0.3) is 10.9 Å². The van der Waals surface area contributed by atoms with Crippen molar-refractivity contribution in [1.82, 2.24) is 9.55 Å². The fourth-order valence-electron chi connectivity index (χ4n) is 3.67. The lowest BCUT2D eigenvalue weighted by molar-refractivity contribution is -0.113. The van der Waals surface area contributed by atoms with Crippen molar-refractivity contribution in [3.8, 4) is 11.5 Å². The highest BCUT2D eigenvalue weighted by Crippen LogP contribution is 2.29. The third-order valence-electron chi connectivity index (χ3n) is 5.31. The number of thioether (sulfide) groups is 1. The second kappa shape index (κ2) is 10.5. The Labute approximate surface area is 200 Å². The lowest BCUT2D eigenvalue weighted by Crippen LogP contribution is -2.29. The summed E-state index contributed by atoms with van der Waals surface area (Å²) in [6.45, 7) is 1.07. The molecule has 1 N–H and O–H groups in total. The van der Waals surface area contributed by atoms with E-state index in [9.17, 15) is 9.59 Å². The van der Waals surface area contributed by atoms with Gasteiger partial charge in [0.1, 0.15) is 11.5 Å². The molecule has 0 aliphatic carbocycles. The molecule has 1 unspecified atom stereocenters. The molecule has 0 radical (unpaired) electrons. The van der Waals surface area contributed by atoms with Crippen LogP contribution in [0, 0.1) is 0 Å². The quantitative estimate of drug-likeness (QED) is 0.378. The molecule has 0 spiro atoms. The first-order valence-electron chi connectivity index (χ1n) is 10.4. The molecule has 2 aromatic carbocycles. The number of hydrogen-bond acceptors (Lipinski definition) is 7. The third kappa shape index (κ3) is 5.43. The number of halogens is 1. The third-order valence-corrected chi connectivity index (χ3v) is 6.52. The van der Waals surface area contributed by atoms with Gasteiger partial charge in [0, 0.05) is 17.7 Å². The minimum Gasteiger partial charge on any atom is -0.497 e. The SMILES string of the molecule is COc1ccc(OC)c(NC(=O)CSc2nc3cc(Cl)ccc3c(=O)n2CC2CCCO2)c1. The van der Waals surface area contributed by atoms with Crippen LogP contribution in [-0.2, 0) is 16.1 Å². The van der Waals surface area contributed by atoms with E-state index in [2.05, 4.69) is 10.3 Å². The van der Waals surface area contributed by atoms with Crippen molar-refractivity contribution >= 4 is 45.9 Å². The van der Waals surface area contributed by atoms with Crippen molar-refractivity contribution in [2.45, 2.75) is 30.6 Å². The van der Waals surface area contributed by atoms with Crippen molar-refractivity contribution in [3.63, 3.8) is 0 Å². The smallest absolute Gasteiger partial charge is 0.262 e. The minimum absolute atomic E-state index is 0.0460. The van der Waals surface area contributed by atoms with Crippen molar-refractivity contribution < 1.29 is 19.0 Å². The van der Waals surface area contributed by atoms with Gasteiger partial charge in [-0.15, -0.1) is 0 Å². The van der Waals surface area contributed by atoms with Crippen molar-refractivity contribution in [1.29, 1.82) is 0 Å². The number of rotatable bonds is 8. The molecule has 2 heterocycles. The van der Waals surface area contributed by atoms with E-state index in [-0.39, 0.29) is 23.3 Å². The van der Waals surface area contributed by atoms with E-state index in [0.29, 0.717) is 51.4 Å². The average molecular weight is 490 g/mol. The number of benzene rings is 2. The molecular weight excluding hydrogens is 466 g/mol. The van der Waals surface area contributed by atoms with Gasteiger partial charge in [-0.1, -0.05) is 23.4 Å². The first-order valence-corrected chi connectivity index (χ1v) is 11.8. The molecule has 0 bridgehead atoms. The summed E-state index contributed by atoms with van der Waals surface area (Å²) in [5, 5.41) is 4.25. The number of carbonyl (C=O) groups is 1. The van der Waals surface area contributed by atoms with E-state index < -0.39 is 0 Å². The van der Waals surface area contributed by atoms with Gasteiger partial charge in [0.15, 0.2) is 5.16 Å². The molecule has 1 aliphatic rings. The van der Waals surface area contributed by atoms with E-state index in [1.807, 2.05) is 0 Å². The predicted molar refractivity (Wildman–Crippen MR) is 129 cm³/mol. The largest absolute Gasteiger partial charge is 0.497 e. The molecule has 3 aromatic rings. The molecule has 1 aromatic heterocycles.